The Bertz CT molecular complexity index is 742. The van der Waals surface area contributed by atoms with Gasteiger partial charge in [0, 0.05) is 18.2 Å². The van der Waals surface area contributed by atoms with Crippen LogP contribution in [0.5, 0.6) is 5.75 Å². The number of ether oxygens (including phenoxy) is 1. The van der Waals surface area contributed by atoms with Crippen molar-refractivity contribution in [2.24, 2.45) is 0 Å². The summed E-state index contributed by atoms with van der Waals surface area (Å²) in [6.45, 7) is 0.0265. The second kappa shape index (κ2) is 9.12. The molecule has 0 bridgehead atoms. The van der Waals surface area contributed by atoms with E-state index in [2.05, 4.69) is 5.32 Å². The van der Waals surface area contributed by atoms with Gasteiger partial charge in [-0.1, -0.05) is 30.3 Å². The van der Waals surface area contributed by atoms with E-state index in [1.54, 1.807) is 24.3 Å². The zero-order valence-electron chi connectivity index (χ0n) is 13.7. The second-order valence-electron chi connectivity index (χ2n) is 5.61. The number of aliphatic hydroxyl groups is 2. The van der Waals surface area contributed by atoms with Gasteiger partial charge in [-0.05, 0) is 18.1 Å². The van der Waals surface area contributed by atoms with Gasteiger partial charge in [0.05, 0.1) is 6.10 Å². The number of halogens is 2. The minimum atomic E-state index is -1.72. The molecule has 4 N–H and O–H groups in total. The van der Waals surface area contributed by atoms with Crippen molar-refractivity contribution in [3.05, 3.63) is 65.2 Å². The molecule has 6 nitrogen and oxygen atoms in total. The molecule has 2 rings (SSSR count). The molecule has 0 saturated carbocycles. The first-order valence-electron chi connectivity index (χ1n) is 7.87. The molecule has 0 spiro atoms. The molecule has 2 aromatic carbocycles. The Balaban J connectivity index is 1.79. The van der Waals surface area contributed by atoms with Crippen molar-refractivity contribution in [2.75, 3.05) is 6.54 Å². The summed E-state index contributed by atoms with van der Waals surface area (Å²) in [6.07, 6.45) is -4.02. The van der Waals surface area contributed by atoms with Crippen LogP contribution in [0.15, 0.2) is 42.5 Å². The van der Waals surface area contributed by atoms with Gasteiger partial charge in [-0.25, -0.2) is 13.6 Å². The smallest absolute Gasteiger partial charge is 0.407 e. The first kappa shape index (κ1) is 19.6. The lowest BCUT2D eigenvalue weighted by Crippen LogP contribution is -2.29. The highest BCUT2D eigenvalue weighted by Gasteiger charge is 2.24. The Hall–Kier alpha value is -2.71. The zero-order chi connectivity index (χ0) is 19.1. The molecule has 0 aliphatic heterocycles. The summed E-state index contributed by atoms with van der Waals surface area (Å²) in [6, 6.07) is 10.2. The highest BCUT2D eigenvalue weighted by molar-refractivity contribution is 5.67. The minimum Gasteiger partial charge on any atom is -0.505 e. The van der Waals surface area contributed by atoms with Gasteiger partial charge in [-0.3, -0.25) is 0 Å². The van der Waals surface area contributed by atoms with Crippen LogP contribution in [0.1, 0.15) is 23.7 Å². The lowest BCUT2D eigenvalue weighted by atomic mass is 10.0. The van der Waals surface area contributed by atoms with Crippen molar-refractivity contribution in [1.82, 2.24) is 5.32 Å². The summed E-state index contributed by atoms with van der Waals surface area (Å²) in [5.41, 5.74) is 0.336. The fourth-order valence-electron chi connectivity index (χ4n) is 2.27. The Morgan fingerprint density at radius 1 is 1.15 bits per heavy atom. The van der Waals surface area contributed by atoms with E-state index in [1.165, 1.54) is 0 Å². The number of aromatic hydroxyl groups is 1. The maximum Gasteiger partial charge on any atom is 0.407 e. The Labute approximate surface area is 148 Å². The number of alkyl carbamates (subject to hydrolysis) is 1. The lowest BCUT2D eigenvalue weighted by molar-refractivity contribution is 0.0119. The molecular weight excluding hydrogens is 348 g/mol. The van der Waals surface area contributed by atoms with Crippen molar-refractivity contribution in [2.45, 2.75) is 25.2 Å². The Morgan fingerprint density at radius 2 is 1.85 bits per heavy atom. The molecule has 0 aromatic heterocycles. The van der Waals surface area contributed by atoms with Crippen LogP contribution < -0.4 is 5.32 Å². The van der Waals surface area contributed by atoms with Gasteiger partial charge in [0.1, 0.15) is 18.5 Å². The average Bonchev–Trinajstić information content (AvgIpc) is 2.63. The molecule has 0 aliphatic rings. The molecule has 0 aliphatic carbocycles. The van der Waals surface area contributed by atoms with Crippen molar-refractivity contribution < 1.29 is 33.6 Å². The highest BCUT2D eigenvalue weighted by Crippen LogP contribution is 2.30. The average molecular weight is 367 g/mol. The molecule has 0 fully saturated rings. The third-order valence-corrected chi connectivity index (χ3v) is 3.66. The molecular formula is C18H19F2NO5. The fraction of sp³-hybridized carbons (Fsp3) is 0.278. The van der Waals surface area contributed by atoms with E-state index < -0.39 is 41.2 Å². The van der Waals surface area contributed by atoms with Gasteiger partial charge < -0.3 is 25.4 Å². The molecule has 0 heterocycles. The van der Waals surface area contributed by atoms with Crippen molar-refractivity contribution in [1.29, 1.82) is 0 Å². The summed E-state index contributed by atoms with van der Waals surface area (Å²) in [7, 11) is 0. The molecule has 2 atom stereocenters. The number of phenols is 1. The van der Waals surface area contributed by atoms with E-state index in [-0.39, 0.29) is 19.6 Å². The number of hydrogen-bond acceptors (Lipinski definition) is 5. The molecule has 8 heteroatoms. The van der Waals surface area contributed by atoms with Crippen LogP contribution in [0.4, 0.5) is 13.6 Å². The van der Waals surface area contributed by atoms with E-state index >= 15 is 0 Å². The van der Waals surface area contributed by atoms with Gasteiger partial charge in [-0.2, -0.15) is 0 Å². The number of carbonyl (C=O) groups excluding carboxylic acids is 1. The first-order valence-corrected chi connectivity index (χ1v) is 7.87. The van der Waals surface area contributed by atoms with Crippen molar-refractivity contribution in [3.63, 3.8) is 0 Å². The maximum absolute atomic E-state index is 13.3. The van der Waals surface area contributed by atoms with Crippen LogP contribution in [0.25, 0.3) is 0 Å². The lowest BCUT2D eigenvalue weighted by Gasteiger charge is -2.19. The largest absolute Gasteiger partial charge is 0.505 e. The van der Waals surface area contributed by atoms with Gasteiger partial charge in [0.15, 0.2) is 11.6 Å². The summed E-state index contributed by atoms with van der Waals surface area (Å²) < 4.78 is 31.5. The van der Waals surface area contributed by atoms with Gasteiger partial charge in [-0.15, -0.1) is 0 Å². The number of hydrogen-bond donors (Lipinski definition) is 4. The van der Waals surface area contributed by atoms with E-state index in [0.717, 1.165) is 11.6 Å². The van der Waals surface area contributed by atoms with Crippen molar-refractivity contribution >= 4 is 6.09 Å². The molecule has 140 valence electrons. The van der Waals surface area contributed by atoms with Crippen molar-refractivity contribution in [3.8, 4) is 5.75 Å². The fourth-order valence-corrected chi connectivity index (χ4v) is 2.27. The summed E-state index contributed by atoms with van der Waals surface area (Å²) in [5, 5.41) is 31.8. The molecule has 0 radical (unpaired) electrons. The van der Waals surface area contributed by atoms with Crippen LogP contribution in [0.3, 0.4) is 0 Å². The number of carbonyl (C=O) groups is 1. The SMILES string of the molecule is O=C(NCCC(O)C(O)c1cc(F)cc(F)c1O)OCc1ccccc1. The predicted octanol–water partition coefficient (Wildman–Crippen LogP) is 2.38. The predicted molar refractivity (Wildman–Crippen MR) is 88.2 cm³/mol. The van der Waals surface area contributed by atoms with Gasteiger partial charge in [0.2, 0.25) is 0 Å². The molecule has 0 saturated heterocycles. The topological polar surface area (TPSA) is 99.0 Å². The number of phenolic OH excluding ortho intramolecular Hbond substituents is 1. The molecule has 2 aromatic rings. The first-order chi connectivity index (χ1) is 12.4. The van der Waals surface area contributed by atoms with Crippen LogP contribution >= 0.6 is 0 Å². The summed E-state index contributed by atoms with van der Waals surface area (Å²) in [4.78, 5) is 11.6. The monoisotopic (exact) mass is 367 g/mol. The van der Waals surface area contributed by atoms with E-state index in [1.807, 2.05) is 6.07 Å². The van der Waals surface area contributed by atoms with Crippen LogP contribution in [0.2, 0.25) is 0 Å². The molecule has 2 unspecified atom stereocenters. The Morgan fingerprint density at radius 3 is 2.54 bits per heavy atom. The maximum atomic E-state index is 13.3. The van der Waals surface area contributed by atoms with E-state index in [9.17, 15) is 28.9 Å². The number of nitrogens with one attached hydrogen (secondary N) is 1. The van der Waals surface area contributed by atoms with Gasteiger partial charge >= 0.3 is 6.09 Å². The van der Waals surface area contributed by atoms with Gasteiger partial charge in [0.25, 0.3) is 0 Å². The number of aliphatic hydroxyl groups excluding tert-OH is 2. The number of rotatable bonds is 7. The number of amides is 1. The third kappa shape index (κ3) is 5.40. The van der Waals surface area contributed by atoms with Crippen LogP contribution in [-0.2, 0) is 11.3 Å². The minimum absolute atomic E-state index is 0.0512. The number of benzene rings is 2. The second-order valence-corrected chi connectivity index (χ2v) is 5.61. The summed E-state index contributed by atoms with van der Waals surface area (Å²) >= 11 is 0. The molecule has 26 heavy (non-hydrogen) atoms. The van der Waals surface area contributed by atoms with E-state index in [4.69, 9.17) is 4.74 Å². The summed E-state index contributed by atoms with van der Waals surface area (Å²) in [5.74, 6) is -3.17. The Kier molecular flexibility index (Phi) is 6.88. The van der Waals surface area contributed by atoms with Crippen LogP contribution in [0, 0.1) is 11.6 Å². The zero-order valence-corrected chi connectivity index (χ0v) is 13.7. The third-order valence-electron chi connectivity index (χ3n) is 3.66. The van der Waals surface area contributed by atoms with Crippen LogP contribution in [-0.4, -0.2) is 34.1 Å². The quantitative estimate of drug-likeness (QED) is 0.602. The standard InChI is InChI=1S/C18H19F2NO5/c19-12-8-13(16(23)14(20)9-12)17(24)15(22)6-7-21-18(25)26-10-11-4-2-1-3-5-11/h1-5,8-9,15,17,22-24H,6-7,10H2,(H,21,25). The van der Waals surface area contributed by atoms with E-state index in [0.29, 0.717) is 6.07 Å². The molecule has 1 amide bonds. The highest BCUT2D eigenvalue weighted by atomic mass is 19.1. The normalized spacial score (nSPS) is 13.1.